The summed E-state index contributed by atoms with van der Waals surface area (Å²) in [4.78, 5) is 30.0. The first-order valence-corrected chi connectivity index (χ1v) is 11.7. The molecule has 34 heavy (non-hydrogen) atoms. The maximum Gasteiger partial charge on any atom is 0.279 e. The molecule has 0 radical (unpaired) electrons. The van der Waals surface area contributed by atoms with E-state index in [4.69, 9.17) is 5.73 Å². The van der Waals surface area contributed by atoms with Crippen molar-refractivity contribution in [3.8, 4) is 17.3 Å². The van der Waals surface area contributed by atoms with Gasteiger partial charge < -0.3 is 5.73 Å². The van der Waals surface area contributed by atoms with Gasteiger partial charge in [-0.25, -0.2) is 23.4 Å². The Balaban J connectivity index is 1.79. The van der Waals surface area contributed by atoms with Crippen LogP contribution in [0.2, 0.25) is 0 Å². The van der Waals surface area contributed by atoms with Crippen LogP contribution in [0.5, 0.6) is 0 Å². The fourth-order valence-corrected chi connectivity index (χ4v) is 4.68. The average Bonchev–Trinajstić information content (AvgIpc) is 2.78. The third-order valence-corrected chi connectivity index (χ3v) is 6.46. The number of nitrogens with one attached hydrogen (secondary N) is 1. The fraction of sp³-hybridized carbons (Fsp3) is 0.182. The largest absolute Gasteiger partial charge is 0.368 e. The van der Waals surface area contributed by atoms with Gasteiger partial charge in [-0.1, -0.05) is 12.1 Å². The van der Waals surface area contributed by atoms with Crippen LogP contribution in [-0.2, 0) is 10.0 Å². The summed E-state index contributed by atoms with van der Waals surface area (Å²) < 4.78 is 29.5. The Morgan fingerprint density at radius 2 is 1.85 bits per heavy atom. The minimum atomic E-state index is -4.05. The molecule has 0 atom stereocenters. The Morgan fingerprint density at radius 1 is 1.12 bits per heavy atom. The van der Waals surface area contributed by atoms with Gasteiger partial charge in [0.1, 0.15) is 28.0 Å². The van der Waals surface area contributed by atoms with Gasteiger partial charge in [-0.05, 0) is 45.0 Å². The van der Waals surface area contributed by atoms with E-state index in [1.54, 1.807) is 19.1 Å². The number of nitrogen functional groups attached to an aromatic ring is 1. The second-order valence-corrected chi connectivity index (χ2v) is 9.36. The number of fused-ring (bicyclic) bond motifs is 1. The van der Waals surface area contributed by atoms with Crippen LogP contribution in [0.15, 0.2) is 52.3 Å². The lowest BCUT2D eigenvalue weighted by Crippen LogP contribution is -2.26. The van der Waals surface area contributed by atoms with E-state index >= 15 is 0 Å². The zero-order valence-corrected chi connectivity index (χ0v) is 19.3. The molecule has 1 aromatic carbocycles. The summed E-state index contributed by atoms with van der Waals surface area (Å²) in [6, 6.07) is 10.5. The normalized spacial score (nSPS) is 11.5. The average molecular weight is 477 g/mol. The molecule has 0 amide bonds. The summed E-state index contributed by atoms with van der Waals surface area (Å²) in [7, 11) is -4.05. The number of anilines is 2. The van der Waals surface area contributed by atoms with Gasteiger partial charge in [0.15, 0.2) is 5.65 Å². The smallest absolute Gasteiger partial charge is 0.279 e. The molecule has 3 N–H and O–H groups in total. The Kier molecular flexibility index (Phi) is 5.72. The Bertz CT molecular complexity index is 1640. The minimum Gasteiger partial charge on any atom is -0.368 e. The van der Waals surface area contributed by atoms with Gasteiger partial charge in [0.05, 0.1) is 11.8 Å². The minimum absolute atomic E-state index is 0.0146. The summed E-state index contributed by atoms with van der Waals surface area (Å²) in [5.41, 5.74) is 6.96. The summed E-state index contributed by atoms with van der Waals surface area (Å²) in [6.45, 7) is 5.32. The van der Waals surface area contributed by atoms with Crippen LogP contribution in [0.1, 0.15) is 31.1 Å². The number of hydrogen-bond donors (Lipinski definition) is 2. The first-order valence-electron chi connectivity index (χ1n) is 10.2. The number of aromatic nitrogens is 5. The molecular formula is C22H20N8O3S. The lowest BCUT2D eigenvalue weighted by Gasteiger charge is -2.15. The molecule has 0 aliphatic carbocycles. The third-order valence-electron chi connectivity index (χ3n) is 5.04. The summed E-state index contributed by atoms with van der Waals surface area (Å²) >= 11 is 0. The predicted octanol–water partition coefficient (Wildman–Crippen LogP) is 2.39. The van der Waals surface area contributed by atoms with Crippen LogP contribution < -0.4 is 16.0 Å². The monoisotopic (exact) mass is 476 g/mol. The van der Waals surface area contributed by atoms with Crippen LogP contribution in [0.25, 0.3) is 22.4 Å². The number of nitrogens with two attached hydrogens (primary N) is 1. The van der Waals surface area contributed by atoms with Crippen molar-refractivity contribution in [2.24, 2.45) is 0 Å². The number of benzene rings is 1. The van der Waals surface area contributed by atoms with E-state index in [-0.39, 0.29) is 39.5 Å². The van der Waals surface area contributed by atoms with Gasteiger partial charge >= 0.3 is 0 Å². The van der Waals surface area contributed by atoms with E-state index in [9.17, 15) is 18.5 Å². The molecule has 0 spiro atoms. The second kappa shape index (κ2) is 8.53. The maximum atomic E-state index is 13.3. The number of aryl methyl sites for hydroxylation is 1. The number of hydrogen-bond acceptors (Lipinski definition) is 9. The van der Waals surface area contributed by atoms with Crippen molar-refractivity contribution in [1.29, 1.82) is 5.26 Å². The second-order valence-electron chi connectivity index (χ2n) is 7.71. The third kappa shape index (κ3) is 4.04. The molecule has 0 aliphatic rings. The van der Waals surface area contributed by atoms with Crippen molar-refractivity contribution >= 4 is 33.0 Å². The lowest BCUT2D eigenvalue weighted by molar-refractivity contribution is 0.593. The molecule has 0 saturated carbocycles. The highest BCUT2D eigenvalue weighted by Crippen LogP contribution is 2.24. The Labute approximate surface area is 195 Å². The zero-order chi connectivity index (χ0) is 24.6. The number of nitriles is 1. The molecule has 0 aliphatic heterocycles. The van der Waals surface area contributed by atoms with E-state index in [2.05, 4.69) is 24.7 Å². The van der Waals surface area contributed by atoms with Crippen LogP contribution in [-0.4, -0.2) is 32.9 Å². The molecule has 172 valence electrons. The van der Waals surface area contributed by atoms with E-state index < -0.39 is 10.0 Å². The van der Waals surface area contributed by atoms with E-state index in [1.165, 1.54) is 35.0 Å². The molecule has 0 bridgehead atoms. The fourth-order valence-electron chi connectivity index (χ4n) is 3.52. The van der Waals surface area contributed by atoms with Crippen molar-refractivity contribution < 1.29 is 8.42 Å². The number of rotatable bonds is 5. The molecule has 3 aromatic heterocycles. The van der Waals surface area contributed by atoms with Crippen LogP contribution >= 0.6 is 0 Å². The van der Waals surface area contributed by atoms with Gasteiger partial charge in [0, 0.05) is 17.3 Å². The molecule has 11 nitrogen and oxygen atoms in total. The van der Waals surface area contributed by atoms with Crippen molar-refractivity contribution in [2.75, 3.05) is 10.5 Å². The molecule has 0 fully saturated rings. The predicted molar refractivity (Wildman–Crippen MR) is 126 cm³/mol. The Morgan fingerprint density at radius 3 is 2.53 bits per heavy atom. The molecule has 4 rings (SSSR count). The van der Waals surface area contributed by atoms with Crippen LogP contribution in [0.4, 0.5) is 11.8 Å². The van der Waals surface area contributed by atoms with Crippen molar-refractivity contribution in [3.05, 3.63) is 64.2 Å². The topological polar surface area (TPSA) is 170 Å². The van der Waals surface area contributed by atoms with Crippen LogP contribution in [0, 0.1) is 18.3 Å². The summed E-state index contributed by atoms with van der Waals surface area (Å²) in [5, 5.41) is 9.22. The molecule has 0 unspecified atom stereocenters. The Hall–Kier alpha value is -4.37. The first-order chi connectivity index (χ1) is 16.1. The zero-order valence-electron chi connectivity index (χ0n) is 18.5. The maximum absolute atomic E-state index is 13.3. The first kappa shape index (κ1) is 22.8. The van der Waals surface area contributed by atoms with E-state index in [1.807, 2.05) is 19.9 Å². The van der Waals surface area contributed by atoms with Crippen LogP contribution in [0.3, 0.4) is 0 Å². The molecular weight excluding hydrogens is 456 g/mol. The molecule has 0 saturated heterocycles. The summed E-state index contributed by atoms with van der Waals surface area (Å²) in [5.74, 6) is 0.0679. The van der Waals surface area contributed by atoms with Gasteiger partial charge in [0.2, 0.25) is 5.95 Å². The number of sulfonamides is 1. The molecule has 12 heteroatoms. The van der Waals surface area contributed by atoms with E-state index in [0.29, 0.717) is 22.4 Å². The standard InChI is InChI=1S/C22H20N8O3S/c1-12(2)30-20-16(11-25-22(24)28-20)27-19(21(30)31)15-8-9-18(26-13(15)3)29-34(32,33)17-7-5-4-6-14(17)10-23/h4-9,11-12H,1-3H3,(H,26,29)(H2,24,25,28). The highest BCUT2D eigenvalue weighted by atomic mass is 32.2. The van der Waals surface area contributed by atoms with E-state index in [0.717, 1.165) is 0 Å². The summed E-state index contributed by atoms with van der Waals surface area (Å²) in [6.07, 6.45) is 1.44. The highest BCUT2D eigenvalue weighted by molar-refractivity contribution is 7.92. The van der Waals surface area contributed by atoms with Gasteiger partial charge in [-0.15, -0.1) is 0 Å². The SMILES string of the molecule is Cc1nc(NS(=O)(=O)c2ccccc2C#N)ccc1-c1nc2cnc(N)nc2n(C(C)C)c1=O. The molecule has 3 heterocycles. The lowest BCUT2D eigenvalue weighted by atomic mass is 10.1. The quantitative estimate of drug-likeness (QED) is 0.439. The highest BCUT2D eigenvalue weighted by Gasteiger charge is 2.21. The van der Waals surface area contributed by atoms with Crippen molar-refractivity contribution in [1.82, 2.24) is 24.5 Å². The molecule has 4 aromatic rings. The van der Waals surface area contributed by atoms with Gasteiger partial charge in [-0.3, -0.25) is 14.1 Å². The van der Waals surface area contributed by atoms with Crippen molar-refractivity contribution in [2.45, 2.75) is 31.7 Å². The van der Waals surface area contributed by atoms with Gasteiger partial charge in [0.25, 0.3) is 15.6 Å². The van der Waals surface area contributed by atoms with Crippen molar-refractivity contribution in [3.63, 3.8) is 0 Å². The number of pyridine rings is 1. The number of nitrogens with zero attached hydrogens (tertiary/aromatic N) is 6. The van der Waals surface area contributed by atoms with Gasteiger partial charge in [-0.2, -0.15) is 10.2 Å².